The summed E-state index contributed by atoms with van der Waals surface area (Å²) in [5, 5.41) is 0. The number of hydrogen-bond acceptors (Lipinski definition) is 2. The van der Waals surface area contributed by atoms with E-state index in [2.05, 4.69) is 39.2 Å². The first-order chi connectivity index (χ1) is 12.2. The van der Waals surface area contributed by atoms with Crippen LogP contribution in [0.5, 0.6) is 0 Å². The van der Waals surface area contributed by atoms with Crippen molar-refractivity contribution in [3.05, 3.63) is 35.9 Å². The SMILES string of the molecule is CC[Si](CC)(CC)N1C(=O)N(C(C)C)C(=O)C1(c1ccccc1)C(C)C. The smallest absolute Gasteiger partial charge is 0.320 e. The van der Waals surface area contributed by atoms with E-state index in [-0.39, 0.29) is 23.9 Å². The molecule has 5 heteroatoms. The molecule has 0 aromatic heterocycles. The number of carbonyl (C=O) groups excluding carboxylic acids is 2. The lowest BCUT2D eigenvalue weighted by Gasteiger charge is -2.49. The molecule has 1 aromatic carbocycles. The second kappa shape index (κ2) is 7.55. The second-order valence-corrected chi connectivity index (χ2v) is 13.0. The van der Waals surface area contributed by atoms with Crippen molar-refractivity contribution >= 4 is 20.2 Å². The standard InChI is InChI=1S/C21H34N2O2Si/c1-8-26(9-2,10-3)23-20(25)22(17(6)7)19(24)21(23,16(4)5)18-14-12-11-13-15-18/h11-17H,8-10H2,1-7H3. The fourth-order valence-electron chi connectivity index (χ4n) is 4.66. The summed E-state index contributed by atoms with van der Waals surface area (Å²) >= 11 is 0. The third-order valence-electron chi connectivity index (χ3n) is 6.31. The number of hydrogen-bond donors (Lipinski definition) is 0. The summed E-state index contributed by atoms with van der Waals surface area (Å²) < 4.78 is 2.09. The number of amides is 3. The molecule has 1 fully saturated rings. The molecule has 1 saturated heterocycles. The highest BCUT2D eigenvalue weighted by Crippen LogP contribution is 2.49. The molecule has 1 aliphatic rings. The minimum Gasteiger partial charge on any atom is -0.334 e. The van der Waals surface area contributed by atoms with Crippen molar-refractivity contribution < 1.29 is 9.59 Å². The lowest BCUT2D eigenvalue weighted by Crippen LogP contribution is -2.63. The van der Waals surface area contributed by atoms with Crippen LogP contribution in [0.4, 0.5) is 4.79 Å². The van der Waals surface area contributed by atoms with Crippen LogP contribution in [0.1, 0.15) is 54.0 Å². The number of rotatable bonds is 7. The Bertz CT molecular complexity index is 647. The van der Waals surface area contributed by atoms with Crippen LogP contribution in [-0.2, 0) is 10.3 Å². The van der Waals surface area contributed by atoms with Crippen LogP contribution in [0.3, 0.4) is 0 Å². The average Bonchev–Trinajstić information content (AvgIpc) is 2.86. The van der Waals surface area contributed by atoms with E-state index >= 15 is 0 Å². The van der Waals surface area contributed by atoms with Crippen LogP contribution in [0.15, 0.2) is 30.3 Å². The Morgan fingerprint density at radius 1 is 0.923 bits per heavy atom. The van der Waals surface area contributed by atoms with Gasteiger partial charge in [-0.05, 0) is 43.5 Å². The summed E-state index contributed by atoms with van der Waals surface area (Å²) in [6.07, 6.45) is 0. The lowest BCUT2D eigenvalue weighted by molar-refractivity contribution is -0.136. The molecule has 0 saturated carbocycles. The Morgan fingerprint density at radius 3 is 1.81 bits per heavy atom. The van der Waals surface area contributed by atoms with Crippen molar-refractivity contribution in [1.29, 1.82) is 0 Å². The van der Waals surface area contributed by atoms with Crippen molar-refractivity contribution in [2.24, 2.45) is 5.92 Å². The van der Waals surface area contributed by atoms with Crippen molar-refractivity contribution in [3.8, 4) is 0 Å². The zero-order valence-corrected chi connectivity index (χ0v) is 18.4. The maximum atomic E-state index is 13.8. The van der Waals surface area contributed by atoms with Gasteiger partial charge >= 0.3 is 6.03 Å². The highest BCUT2D eigenvalue weighted by molar-refractivity contribution is 6.79. The van der Waals surface area contributed by atoms with Crippen molar-refractivity contribution in [1.82, 2.24) is 9.47 Å². The fourth-order valence-corrected chi connectivity index (χ4v) is 8.86. The van der Waals surface area contributed by atoms with Gasteiger partial charge in [-0.2, -0.15) is 0 Å². The summed E-state index contributed by atoms with van der Waals surface area (Å²) in [6.45, 7) is 14.6. The van der Waals surface area contributed by atoms with Gasteiger partial charge < -0.3 is 4.57 Å². The van der Waals surface area contributed by atoms with Crippen LogP contribution in [0.25, 0.3) is 0 Å². The average molecular weight is 375 g/mol. The molecule has 3 amide bonds. The summed E-state index contributed by atoms with van der Waals surface area (Å²) in [6, 6.07) is 12.6. The van der Waals surface area contributed by atoms with E-state index in [4.69, 9.17) is 0 Å². The van der Waals surface area contributed by atoms with Gasteiger partial charge in [0, 0.05) is 6.04 Å². The molecule has 0 radical (unpaired) electrons. The Balaban J connectivity index is 2.87. The molecule has 1 unspecified atom stereocenters. The molecule has 0 N–H and O–H groups in total. The predicted molar refractivity (Wildman–Crippen MR) is 109 cm³/mol. The molecule has 144 valence electrons. The molecule has 1 aliphatic heterocycles. The van der Waals surface area contributed by atoms with Crippen LogP contribution in [0.2, 0.25) is 18.1 Å². The third kappa shape index (κ3) is 2.71. The van der Waals surface area contributed by atoms with E-state index in [9.17, 15) is 9.59 Å². The lowest BCUT2D eigenvalue weighted by atomic mass is 9.79. The van der Waals surface area contributed by atoms with Gasteiger partial charge in [0.05, 0.1) is 0 Å². The predicted octanol–water partition coefficient (Wildman–Crippen LogP) is 5.22. The molecule has 2 rings (SSSR count). The molecule has 0 bridgehead atoms. The van der Waals surface area contributed by atoms with E-state index in [1.807, 2.05) is 44.2 Å². The molecule has 1 heterocycles. The van der Waals surface area contributed by atoms with E-state index in [1.165, 1.54) is 4.90 Å². The van der Waals surface area contributed by atoms with E-state index in [1.54, 1.807) is 0 Å². The van der Waals surface area contributed by atoms with Crippen LogP contribution >= 0.6 is 0 Å². The first kappa shape index (κ1) is 20.7. The van der Waals surface area contributed by atoms with E-state index < -0.39 is 13.8 Å². The summed E-state index contributed by atoms with van der Waals surface area (Å²) in [5.74, 6) is -0.0486. The Kier molecular flexibility index (Phi) is 6.01. The van der Waals surface area contributed by atoms with Crippen molar-refractivity contribution in [2.45, 2.75) is 78.2 Å². The Hall–Kier alpha value is -1.62. The minimum atomic E-state index is -2.14. The minimum absolute atomic E-state index is 0.00150. The van der Waals surface area contributed by atoms with Crippen molar-refractivity contribution in [2.75, 3.05) is 0 Å². The maximum absolute atomic E-state index is 13.8. The zero-order chi connectivity index (χ0) is 19.7. The third-order valence-corrected chi connectivity index (χ3v) is 11.8. The first-order valence-electron chi connectivity index (χ1n) is 9.98. The second-order valence-electron chi connectivity index (χ2n) is 7.96. The monoisotopic (exact) mass is 374 g/mol. The number of benzene rings is 1. The number of carbonyl (C=O) groups is 2. The molecule has 1 aromatic rings. The number of imide groups is 1. The first-order valence-corrected chi connectivity index (χ1v) is 12.5. The molecule has 26 heavy (non-hydrogen) atoms. The molecular formula is C21H34N2O2Si. The number of urea groups is 1. The van der Waals surface area contributed by atoms with E-state index in [0.717, 1.165) is 23.7 Å². The summed E-state index contributed by atoms with van der Waals surface area (Å²) in [4.78, 5) is 29.0. The largest absolute Gasteiger partial charge is 0.334 e. The molecule has 1 atom stereocenters. The van der Waals surface area contributed by atoms with Gasteiger partial charge in [0.1, 0.15) is 5.54 Å². The Morgan fingerprint density at radius 2 is 1.42 bits per heavy atom. The van der Waals surface area contributed by atoms with Gasteiger partial charge in [-0.3, -0.25) is 9.69 Å². The van der Waals surface area contributed by atoms with Gasteiger partial charge in [-0.1, -0.05) is 65.0 Å². The normalized spacial score (nSPS) is 21.4. The molecule has 0 spiro atoms. The van der Waals surface area contributed by atoms with Gasteiger partial charge in [0.25, 0.3) is 5.91 Å². The van der Waals surface area contributed by atoms with E-state index in [0.29, 0.717) is 0 Å². The summed E-state index contributed by atoms with van der Waals surface area (Å²) in [7, 11) is -2.14. The van der Waals surface area contributed by atoms with Crippen LogP contribution in [0, 0.1) is 5.92 Å². The zero-order valence-electron chi connectivity index (χ0n) is 17.4. The van der Waals surface area contributed by atoms with Gasteiger partial charge in [0.15, 0.2) is 8.24 Å². The topological polar surface area (TPSA) is 40.6 Å². The van der Waals surface area contributed by atoms with Crippen molar-refractivity contribution in [3.63, 3.8) is 0 Å². The quantitative estimate of drug-likeness (QED) is 0.485. The van der Waals surface area contributed by atoms with Gasteiger partial charge in [-0.15, -0.1) is 0 Å². The van der Waals surface area contributed by atoms with Crippen LogP contribution < -0.4 is 0 Å². The van der Waals surface area contributed by atoms with Gasteiger partial charge in [-0.25, -0.2) is 4.79 Å². The van der Waals surface area contributed by atoms with Gasteiger partial charge in [0.2, 0.25) is 0 Å². The van der Waals surface area contributed by atoms with Crippen LogP contribution in [-0.4, -0.2) is 35.7 Å². The Labute approximate surface area is 159 Å². The highest BCUT2D eigenvalue weighted by Gasteiger charge is 2.65. The molecule has 0 aliphatic carbocycles. The molecule has 4 nitrogen and oxygen atoms in total. The highest BCUT2D eigenvalue weighted by atomic mass is 28.3. The number of nitrogens with zero attached hydrogens (tertiary/aromatic N) is 2. The molecular weight excluding hydrogens is 340 g/mol. The summed E-state index contributed by atoms with van der Waals surface area (Å²) in [5.41, 5.74) is 0.0559. The maximum Gasteiger partial charge on any atom is 0.320 e. The fraction of sp³-hybridized carbons (Fsp3) is 0.619.